The molecule has 1 aliphatic carbocycles. The molecule has 0 spiro atoms. The van der Waals surface area contributed by atoms with E-state index in [1.54, 1.807) is 12.1 Å². The molecule has 27 heavy (non-hydrogen) atoms. The van der Waals surface area contributed by atoms with E-state index >= 15 is 0 Å². The Morgan fingerprint density at radius 1 is 1.22 bits per heavy atom. The van der Waals surface area contributed by atoms with Crippen molar-refractivity contribution in [2.45, 2.75) is 31.2 Å². The smallest absolute Gasteiger partial charge is 0.416 e. The van der Waals surface area contributed by atoms with Crippen LogP contribution in [0.15, 0.2) is 42.5 Å². The molecule has 0 saturated heterocycles. The second-order valence-corrected chi connectivity index (χ2v) is 6.47. The third kappa shape index (κ3) is 4.51. The van der Waals surface area contributed by atoms with Crippen molar-refractivity contribution in [2.24, 2.45) is 0 Å². The maximum absolute atomic E-state index is 12.7. The first-order valence-corrected chi connectivity index (χ1v) is 8.45. The van der Waals surface area contributed by atoms with Crippen LogP contribution in [0.1, 0.15) is 40.8 Å². The molecule has 0 fully saturated rings. The van der Waals surface area contributed by atoms with E-state index in [1.807, 2.05) is 6.07 Å². The first-order chi connectivity index (χ1) is 12.7. The lowest BCUT2D eigenvalue weighted by molar-refractivity contribution is -0.137. The van der Waals surface area contributed by atoms with Crippen molar-refractivity contribution >= 4 is 6.03 Å². The number of urea groups is 1. The lowest BCUT2D eigenvalue weighted by atomic mass is 10.1. The first-order valence-electron chi connectivity index (χ1n) is 8.45. The van der Waals surface area contributed by atoms with Gasteiger partial charge in [-0.2, -0.15) is 13.2 Å². The Morgan fingerprint density at radius 3 is 2.74 bits per heavy atom. The highest BCUT2D eigenvalue weighted by atomic mass is 19.4. The van der Waals surface area contributed by atoms with Gasteiger partial charge in [-0.25, -0.2) is 4.79 Å². The number of nitrogens with one attached hydrogen (secondary N) is 2. The standard InChI is InChI=1S/C19H19F3N2O3/c20-19(21,22)13-3-1-2-12(8-13)17(26)10-23-18(27)24-16-7-5-11-4-6-14(25)9-15(11)16/h1-4,6,8-9,16-17,25-26H,5,7,10H2,(H2,23,24,27). The van der Waals surface area contributed by atoms with Gasteiger partial charge in [-0.05, 0) is 53.8 Å². The molecular formula is C19H19F3N2O3. The molecule has 0 radical (unpaired) electrons. The maximum Gasteiger partial charge on any atom is 0.416 e. The number of aryl methyl sites for hydroxylation is 1. The van der Waals surface area contributed by atoms with E-state index in [4.69, 9.17) is 0 Å². The van der Waals surface area contributed by atoms with E-state index in [2.05, 4.69) is 10.6 Å². The zero-order valence-corrected chi connectivity index (χ0v) is 14.3. The van der Waals surface area contributed by atoms with Crippen LogP contribution in [0, 0.1) is 0 Å². The number of fused-ring (bicyclic) bond motifs is 1. The minimum absolute atomic E-state index is 0.0706. The van der Waals surface area contributed by atoms with Gasteiger partial charge in [0.2, 0.25) is 0 Å². The lowest BCUT2D eigenvalue weighted by Crippen LogP contribution is -2.39. The number of rotatable bonds is 4. The summed E-state index contributed by atoms with van der Waals surface area (Å²) in [6.07, 6.45) is -4.31. The molecule has 8 heteroatoms. The van der Waals surface area contributed by atoms with Gasteiger partial charge in [0, 0.05) is 6.54 Å². The Bertz CT molecular complexity index is 839. The molecule has 2 atom stereocenters. The molecule has 0 heterocycles. The zero-order valence-electron chi connectivity index (χ0n) is 14.3. The molecule has 0 aliphatic heterocycles. The number of carbonyl (C=O) groups excluding carboxylic acids is 1. The van der Waals surface area contributed by atoms with E-state index in [0.717, 1.165) is 29.7 Å². The van der Waals surface area contributed by atoms with Crippen LogP contribution in [0.3, 0.4) is 0 Å². The summed E-state index contributed by atoms with van der Waals surface area (Å²) in [5, 5.41) is 24.9. The fourth-order valence-electron chi connectivity index (χ4n) is 3.18. The van der Waals surface area contributed by atoms with Gasteiger partial charge in [-0.3, -0.25) is 0 Å². The molecule has 0 aromatic heterocycles. The number of phenolic OH excluding ortho intramolecular Hbond substituents is 1. The number of hydrogen-bond donors (Lipinski definition) is 4. The highest BCUT2D eigenvalue weighted by Crippen LogP contribution is 2.33. The van der Waals surface area contributed by atoms with Gasteiger partial charge in [0.15, 0.2) is 0 Å². The molecule has 0 saturated carbocycles. The van der Waals surface area contributed by atoms with E-state index < -0.39 is 23.9 Å². The van der Waals surface area contributed by atoms with Crippen molar-refractivity contribution in [1.29, 1.82) is 0 Å². The summed E-state index contributed by atoms with van der Waals surface area (Å²) in [5.74, 6) is 0.114. The number of alkyl halides is 3. The number of aliphatic hydroxyl groups excluding tert-OH is 1. The van der Waals surface area contributed by atoms with E-state index in [9.17, 15) is 28.2 Å². The molecule has 0 bridgehead atoms. The monoisotopic (exact) mass is 380 g/mol. The fourth-order valence-corrected chi connectivity index (χ4v) is 3.18. The molecule has 5 nitrogen and oxygen atoms in total. The maximum atomic E-state index is 12.7. The number of hydrogen-bond acceptors (Lipinski definition) is 3. The van der Waals surface area contributed by atoms with Crippen molar-refractivity contribution in [2.75, 3.05) is 6.54 Å². The number of benzene rings is 2. The summed E-state index contributed by atoms with van der Waals surface area (Å²) in [6, 6.07) is 8.56. The zero-order chi connectivity index (χ0) is 19.6. The largest absolute Gasteiger partial charge is 0.508 e. The molecule has 4 N–H and O–H groups in total. The van der Waals surface area contributed by atoms with E-state index in [-0.39, 0.29) is 23.9 Å². The molecule has 2 aromatic rings. The van der Waals surface area contributed by atoms with Crippen LogP contribution in [0.5, 0.6) is 5.75 Å². The minimum atomic E-state index is -4.50. The van der Waals surface area contributed by atoms with Crippen LogP contribution in [-0.2, 0) is 12.6 Å². The Kier molecular flexibility index (Phi) is 5.27. The summed E-state index contributed by atoms with van der Waals surface area (Å²) in [7, 11) is 0. The minimum Gasteiger partial charge on any atom is -0.508 e. The molecule has 3 rings (SSSR count). The first kappa shape index (κ1) is 19.0. The number of aromatic hydroxyl groups is 1. The molecule has 2 amide bonds. The molecule has 2 aromatic carbocycles. The van der Waals surface area contributed by atoms with Gasteiger partial charge in [-0.15, -0.1) is 0 Å². The van der Waals surface area contributed by atoms with Crippen molar-refractivity contribution in [3.8, 4) is 5.75 Å². The van der Waals surface area contributed by atoms with Gasteiger partial charge in [0.05, 0.1) is 17.7 Å². The van der Waals surface area contributed by atoms with E-state index in [1.165, 1.54) is 12.1 Å². The van der Waals surface area contributed by atoms with Crippen molar-refractivity contribution < 1.29 is 28.2 Å². The van der Waals surface area contributed by atoms with Gasteiger partial charge in [0.25, 0.3) is 0 Å². The van der Waals surface area contributed by atoms with Crippen LogP contribution >= 0.6 is 0 Å². The third-order valence-electron chi connectivity index (χ3n) is 4.57. The van der Waals surface area contributed by atoms with Gasteiger partial charge >= 0.3 is 12.2 Å². The quantitative estimate of drug-likeness (QED) is 0.656. The fraction of sp³-hybridized carbons (Fsp3) is 0.316. The highest BCUT2D eigenvalue weighted by molar-refractivity contribution is 5.74. The Balaban J connectivity index is 1.57. The van der Waals surface area contributed by atoms with Gasteiger partial charge < -0.3 is 20.8 Å². The van der Waals surface area contributed by atoms with Crippen LogP contribution in [-0.4, -0.2) is 22.8 Å². The predicted octanol–water partition coefficient (Wildman–Crippen LogP) is 3.43. The van der Waals surface area contributed by atoms with Gasteiger partial charge in [-0.1, -0.05) is 18.2 Å². The summed E-state index contributed by atoms with van der Waals surface area (Å²) >= 11 is 0. The number of aliphatic hydroxyl groups is 1. The highest BCUT2D eigenvalue weighted by Gasteiger charge is 2.31. The SMILES string of the molecule is O=C(NCC(O)c1cccc(C(F)(F)F)c1)NC1CCc2ccc(O)cc21. The Morgan fingerprint density at radius 2 is 2.00 bits per heavy atom. The molecule has 2 unspecified atom stereocenters. The Hall–Kier alpha value is -2.74. The summed E-state index contributed by atoms with van der Waals surface area (Å²) in [6.45, 7) is -0.229. The summed E-state index contributed by atoms with van der Waals surface area (Å²) in [5.41, 5.74) is 1.10. The topological polar surface area (TPSA) is 81.6 Å². The van der Waals surface area contributed by atoms with Crippen molar-refractivity contribution in [1.82, 2.24) is 10.6 Å². The average molecular weight is 380 g/mol. The van der Waals surface area contributed by atoms with Crippen LogP contribution in [0.2, 0.25) is 0 Å². The van der Waals surface area contributed by atoms with Crippen molar-refractivity contribution in [3.63, 3.8) is 0 Å². The predicted molar refractivity (Wildman–Crippen MR) is 92.1 cm³/mol. The van der Waals surface area contributed by atoms with Crippen LogP contribution < -0.4 is 10.6 Å². The Labute approximate surface area is 153 Å². The number of halogens is 3. The van der Waals surface area contributed by atoms with Crippen LogP contribution in [0.4, 0.5) is 18.0 Å². The van der Waals surface area contributed by atoms with Crippen molar-refractivity contribution in [3.05, 3.63) is 64.7 Å². The average Bonchev–Trinajstić information content (AvgIpc) is 3.01. The number of amides is 2. The van der Waals surface area contributed by atoms with Gasteiger partial charge in [0.1, 0.15) is 5.75 Å². The number of carbonyl (C=O) groups is 1. The normalized spacial score (nSPS) is 17.3. The number of phenols is 1. The molecule has 144 valence electrons. The van der Waals surface area contributed by atoms with Crippen LogP contribution in [0.25, 0.3) is 0 Å². The second kappa shape index (κ2) is 7.48. The molecular weight excluding hydrogens is 361 g/mol. The van der Waals surface area contributed by atoms with E-state index in [0.29, 0.717) is 6.42 Å². The summed E-state index contributed by atoms with van der Waals surface area (Å²) < 4.78 is 38.2. The summed E-state index contributed by atoms with van der Waals surface area (Å²) in [4.78, 5) is 12.1. The lowest BCUT2D eigenvalue weighted by Gasteiger charge is -2.17. The molecule has 1 aliphatic rings. The second-order valence-electron chi connectivity index (χ2n) is 6.47. The third-order valence-corrected chi connectivity index (χ3v) is 4.57.